The molecule has 2 aliphatic heterocycles. The molecule has 2 aliphatic rings. The Bertz CT molecular complexity index is 751. The second-order valence-corrected chi connectivity index (χ2v) is 8.17. The zero-order valence-electron chi connectivity index (χ0n) is 17.4. The number of hydrogen-bond acceptors (Lipinski definition) is 8. The minimum absolute atomic E-state index is 0.0184. The predicted molar refractivity (Wildman–Crippen MR) is 106 cm³/mol. The molecule has 1 fully saturated rings. The van der Waals surface area contributed by atoms with Gasteiger partial charge in [-0.05, 0) is 44.7 Å². The number of rotatable bonds is 6. The minimum atomic E-state index is -0.508. The van der Waals surface area contributed by atoms with Crippen molar-refractivity contribution in [1.82, 2.24) is 9.99 Å². The molecule has 3 heterocycles. The first-order valence-corrected chi connectivity index (χ1v) is 9.91. The quantitative estimate of drug-likeness (QED) is 0.751. The van der Waals surface area contributed by atoms with Gasteiger partial charge in [0.15, 0.2) is 0 Å². The number of carbonyl (C=O) groups excluding carboxylic acids is 1. The molecular weight excluding hydrogens is 358 g/mol. The molecule has 0 saturated carbocycles. The van der Waals surface area contributed by atoms with Crippen molar-refractivity contribution in [2.45, 2.75) is 45.7 Å². The lowest BCUT2D eigenvalue weighted by molar-refractivity contribution is -0.153. The molecule has 0 aliphatic carbocycles. The van der Waals surface area contributed by atoms with Crippen molar-refractivity contribution in [2.75, 3.05) is 38.8 Å². The number of ether oxygens (including phenoxy) is 1. The minimum Gasteiger partial charge on any atom is -0.469 e. The Labute approximate surface area is 166 Å². The highest BCUT2D eigenvalue weighted by molar-refractivity contribution is 5.76. The summed E-state index contributed by atoms with van der Waals surface area (Å²) >= 11 is 0. The average Bonchev–Trinajstić information content (AvgIpc) is 3.33. The van der Waals surface area contributed by atoms with Crippen LogP contribution in [-0.4, -0.2) is 61.0 Å². The van der Waals surface area contributed by atoms with Crippen LogP contribution in [0.25, 0.3) is 0 Å². The molecule has 3 rings (SSSR count). The van der Waals surface area contributed by atoms with Crippen LogP contribution in [0.5, 0.6) is 0 Å². The lowest BCUT2D eigenvalue weighted by Crippen LogP contribution is -2.36. The van der Waals surface area contributed by atoms with Crippen LogP contribution in [0, 0.1) is 11.3 Å². The third kappa shape index (κ3) is 3.57. The first kappa shape index (κ1) is 20.5. The Morgan fingerprint density at radius 3 is 2.79 bits per heavy atom. The summed E-state index contributed by atoms with van der Waals surface area (Å²) in [5.41, 5.74) is 2.44. The molecule has 1 N–H and O–H groups in total. The van der Waals surface area contributed by atoms with Gasteiger partial charge >= 0.3 is 5.97 Å². The number of aliphatic hydroxyl groups is 1. The molecule has 8 heteroatoms. The average molecular weight is 390 g/mol. The molecule has 2 unspecified atom stereocenters. The lowest BCUT2D eigenvalue weighted by Gasteiger charge is -2.29. The Morgan fingerprint density at radius 2 is 2.14 bits per heavy atom. The zero-order chi connectivity index (χ0) is 20.5. The number of aliphatic hydroxyl groups excluding tert-OH is 1. The van der Waals surface area contributed by atoms with Crippen LogP contribution in [-0.2, 0) is 16.0 Å². The summed E-state index contributed by atoms with van der Waals surface area (Å²) in [6.07, 6.45) is 1.75. The van der Waals surface area contributed by atoms with E-state index in [1.54, 1.807) is 5.01 Å². The van der Waals surface area contributed by atoms with Crippen LogP contribution in [0.15, 0.2) is 22.5 Å². The van der Waals surface area contributed by atoms with E-state index in [9.17, 15) is 9.90 Å². The third-order valence-electron chi connectivity index (χ3n) is 6.22. The molecule has 1 aromatic rings. The highest BCUT2D eigenvalue weighted by Crippen LogP contribution is 2.38. The first-order valence-electron chi connectivity index (χ1n) is 9.91. The number of pyridine rings is 1. The van der Waals surface area contributed by atoms with E-state index in [1.165, 1.54) is 7.11 Å². The second kappa shape index (κ2) is 8.03. The Kier molecular flexibility index (Phi) is 5.88. The molecule has 1 saturated heterocycles. The van der Waals surface area contributed by atoms with Crippen LogP contribution in [0.1, 0.15) is 44.6 Å². The Hall–Kier alpha value is -2.22. The summed E-state index contributed by atoms with van der Waals surface area (Å²) in [7, 11) is 3.26. The molecule has 3 atom stereocenters. The standard InChI is InChI=1S/C20H31N5O3/c1-6-14-16(25-10-9-13(11-25)20(2,3)19(27)28-5)8-7-15(21-14)18-17(12-26)24(4)23-22-18/h7-8,13,17-18,26H,6,9-12H2,1-5H3/t13-,17?,18?/m1/s1. The molecular formula is C20H31N5O3. The molecule has 28 heavy (non-hydrogen) atoms. The van der Waals surface area contributed by atoms with Crippen molar-refractivity contribution in [2.24, 2.45) is 21.7 Å². The molecule has 0 amide bonds. The molecule has 154 valence electrons. The van der Waals surface area contributed by atoms with Crippen molar-refractivity contribution < 1.29 is 14.6 Å². The van der Waals surface area contributed by atoms with Crippen molar-refractivity contribution in [1.29, 1.82) is 0 Å². The number of hydrogen-bond donors (Lipinski definition) is 1. The van der Waals surface area contributed by atoms with Crippen molar-refractivity contribution in [3.8, 4) is 0 Å². The van der Waals surface area contributed by atoms with Gasteiger partial charge in [-0.25, -0.2) is 0 Å². The van der Waals surface area contributed by atoms with Gasteiger partial charge in [0.2, 0.25) is 0 Å². The fourth-order valence-corrected chi connectivity index (χ4v) is 4.18. The van der Waals surface area contributed by atoms with Crippen LogP contribution in [0.4, 0.5) is 5.69 Å². The van der Waals surface area contributed by atoms with Gasteiger partial charge in [-0.2, -0.15) is 5.11 Å². The molecule has 0 aromatic carbocycles. The third-order valence-corrected chi connectivity index (χ3v) is 6.22. The van der Waals surface area contributed by atoms with Crippen molar-refractivity contribution >= 4 is 11.7 Å². The van der Waals surface area contributed by atoms with E-state index in [2.05, 4.69) is 28.2 Å². The molecule has 1 aromatic heterocycles. The van der Waals surface area contributed by atoms with Gasteiger partial charge in [-0.3, -0.25) is 14.8 Å². The second-order valence-electron chi connectivity index (χ2n) is 8.17. The summed E-state index contributed by atoms with van der Waals surface area (Å²) in [6, 6.07) is 3.65. The summed E-state index contributed by atoms with van der Waals surface area (Å²) in [6.45, 7) is 7.70. The number of aryl methyl sites for hydroxylation is 1. The zero-order valence-corrected chi connectivity index (χ0v) is 17.4. The van der Waals surface area contributed by atoms with Gasteiger partial charge in [0.25, 0.3) is 0 Å². The Balaban J connectivity index is 1.81. The van der Waals surface area contributed by atoms with Crippen molar-refractivity contribution in [3.63, 3.8) is 0 Å². The number of carbonyl (C=O) groups is 1. The highest BCUT2D eigenvalue weighted by atomic mass is 16.5. The number of nitrogens with zero attached hydrogens (tertiary/aromatic N) is 5. The monoisotopic (exact) mass is 389 g/mol. The number of likely N-dealkylation sites (N-methyl/N-ethyl adjacent to an activating group) is 1. The first-order chi connectivity index (χ1) is 13.3. The molecule has 0 radical (unpaired) electrons. The largest absolute Gasteiger partial charge is 0.469 e. The Morgan fingerprint density at radius 1 is 1.39 bits per heavy atom. The topological polar surface area (TPSA) is 90.6 Å². The number of aromatic nitrogens is 1. The number of esters is 1. The van der Waals surface area contributed by atoms with Gasteiger partial charge in [-0.1, -0.05) is 12.1 Å². The van der Waals surface area contributed by atoms with E-state index in [0.717, 1.165) is 43.0 Å². The molecule has 0 spiro atoms. The van der Waals surface area contributed by atoms with Gasteiger partial charge in [0.05, 0.1) is 36.2 Å². The van der Waals surface area contributed by atoms with E-state index in [0.29, 0.717) is 0 Å². The number of methoxy groups -OCH3 is 1. The normalized spacial score (nSPS) is 24.9. The smallest absolute Gasteiger partial charge is 0.311 e. The molecule has 8 nitrogen and oxygen atoms in total. The highest BCUT2D eigenvalue weighted by Gasteiger charge is 2.42. The van der Waals surface area contributed by atoms with Crippen LogP contribution in [0.3, 0.4) is 0 Å². The SMILES string of the molecule is CCc1nc(C2N=NN(C)C2CO)ccc1N1CC[C@@H](C(C)(C)C(=O)OC)C1. The van der Waals surface area contributed by atoms with E-state index in [4.69, 9.17) is 9.72 Å². The maximum absolute atomic E-state index is 12.2. The fourth-order valence-electron chi connectivity index (χ4n) is 4.18. The van der Waals surface area contributed by atoms with Gasteiger partial charge in [-0.15, -0.1) is 0 Å². The lowest BCUT2D eigenvalue weighted by atomic mass is 9.78. The predicted octanol–water partition coefficient (Wildman–Crippen LogP) is 2.38. The maximum Gasteiger partial charge on any atom is 0.311 e. The van der Waals surface area contributed by atoms with Gasteiger partial charge < -0.3 is 14.7 Å². The van der Waals surface area contributed by atoms with Gasteiger partial charge in [0, 0.05) is 20.1 Å². The summed E-state index contributed by atoms with van der Waals surface area (Å²) < 4.78 is 5.00. The van der Waals surface area contributed by atoms with E-state index >= 15 is 0 Å². The fraction of sp³-hybridized carbons (Fsp3) is 0.700. The van der Waals surface area contributed by atoms with Crippen LogP contribution in [0.2, 0.25) is 0 Å². The summed E-state index contributed by atoms with van der Waals surface area (Å²) in [4.78, 5) is 19.3. The van der Waals surface area contributed by atoms with Crippen molar-refractivity contribution in [3.05, 3.63) is 23.5 Å². The maximum atomic E-state index is 12.2. The molecule has 0 bridgehead atoms. The van der Waals surface area contributed by atoms with Crippen LogP contribution >= 0.6 is 0 Å². The summed E-state index contributed by atoms with van der Waals surface area (Å²) in [5.74, 6) is 0.0784. The number of anilines is 1. The van der Waals surface area contributed by atoms with E-state index in [1.807, 2.05) is 27.0 Å². The van der Waals surface area contributed by atoms with E-state index < -0.39 is 5.41 Å². The van der Waals surface area contributed by atoms with E-state index in [-0.39, 0.29) is 30.6 Å². The van der Waals surface area contributed by atoms with Gasteiger partial charge in [0.1, 0.15) is 12.1 Å². The summed E-state index contributed by atoms with van der Waals surface area (Å²) in [5, 5.41) is 19.7. The van der Waals surface area contributed by atoms with Crippen LogP contribution < -0.4 is 4.90 Å².